The molecule has 2 heteroatoms. The molecule has 0 radical (unpaired) electrons. The molecule has 36 heavy (non-hydrogen) atoms. The second-order valence-electron chi connectivity index (χ2n) is 9.36. The normalized spacial score (nSPS) is 11.9. The summed E-state index contributed by atoms with van der Waals surface area (Å²) in [5.74, 6) is 0. The molecule has 6 aromatic carbocycles. The SMILES string of the molecule is c1ccc(-c2ccc(-n3c4ccccc4c4c5sc6ccc7ccccc7c6c5ccc43)cc2)cc1. The molecule has 0 N–H and O–H groups in total. The summed E-state index contributed by atoms with van der Waals surface area (Å²) in [6.07, 6.45) is 0. The average molecular weight is 476 g/mol. The van der Waals surface area contributed by atoms with Gasteiger partial charge >= 0.3 is 0 Å². The van der Waals surface area contributed by atoms with Gasteiger partial charge < -0.3 is 4.57 Å². The molecule has 168 valence electrons. The van der Waals surface area contributed by atoms with E-state index in [1.165, 1.54) is 69.6 Å². The monoisotopic (exact) mass is 475 g/mol. The molecule has 2 aromatic heterocycles. The van der Waals surface area contributed by atoms with Crippen molar-refractivity contribution in [1.29, 1.82) is 0 Å². The number of aromatic nitrogens is 1. The van der Waals surface area contributed by atoms with Crippen molar-refractivity contribution in [3.8, 4) is 16.8 Å². The van der Waals surface area contributed by atoms with E-state index in [0.29, 0.717) is 0 Å². The van der Waals surface area contributed by atoms with Gasteiger partial charge in [0.25, 0.3) is 0 Å². The average Bonchev–Trinajstić information content (AvgIpc) is 3.49. The number of hydrogen-bond acceptors (Lipinski definition) is 1. The van der Waals surface area contributed by atoms with Crippen LogP contribution in [0.1, 0.15) is 0 Å². The Balaban J connectivity index is 1.44. The zero-order chi connectivity index (χ0) is 23.6. The fraction of sp³-hybridized carbons (Fsp3) is 0. The van der Waals surface area contributed by atoms with Gasteiger partial charge in [-0.25, -0.2) is 0 Å². The number of rotatable bonds is 2. The highest BCUT2D eigenvalue weighted by atomic mass is 32.1. The number of fused-ring (bicyclic) bond motifs is 9. The zero-order valence-corrected chi connectivity index (χ0v) is 20.3. The number of para-hydroxylation sites is 1. The minimum Gasteiger partial charge on any atom is -0.309 e. The van der Waals surface area contributed by atoms with Crippen LogP contribution in [-0.2, 0) is 0 Å². The van der Waals surface area contributed by atoms with Crippen molar-refractivity contribution in [2.45, 2.75) is 0 Å². The van der Waals surface area contributed by atoms with E-state index in [4.69, 9.17) is 0 Å². The molecule has 8 rings (SSSR count). The van der Waals surface area contributed by atoms with Crippen molar-refractivity contribution in [3.05, 3.63) is 127 Å². The van der Waals surface area contributed by atoms with Gasteiger partial charge in [0.05, 0.1) is 11.0 Å². The Kier molecular flexibility index (Phi) is 4.16. The van der Waals surface area contributed by atoms with Crippen molar-refractivity contribution >= 4 is 64.1 Å². The van der Waals surface area contributed by atoms with Gasteiger partial charge in [-0.3, -0.25) is 0 Å². The van der Waals surface area contributed by atoms with Crippen molar-refractivity contribution in [2.24, 2.45) is 0 Å². The quantitative estimate of drug-likeness (QED) is 0.234. The molecule has 0 fully saturated rings. The van der Waals surface area contributed by atoms with Crippen LogP contribution in [0.3, 0.4) is 0 Å². The van der Waals surface area contributed by atoms with Crippen molar-refractivity contribution in [3.63, 3.8) is 0 Å². The van der Waals surface area contributed by atoms with E-state index in [1.54, 1.807) is 0 Å². The summed E-state index contributed by atoms with van der Waals surface area (Å²) in [7, 11) is 0. The molecule has 0 bridgehead atoms. The van der Waals surface area contributed by atoms with Crippen LogP contribution < -0.4 is 0 Å². The van der Waals surface area contributed by atoms with Crippen LogP contribution in [0.5, 0.6) is 0 Å². The summed E-state index contributed by atoms with van der Waals surface area (Å²) in [4.78, 5) is 0. The maximum absolute atomic E-state index is 2.42. The van der Waals surface area contributed by atoms with E-state index in [0.717, 1.165) is 0 Å². The minimum atomic E-state index is 1.19. The highest BCUT2D eigenvalue weighted by Gasteiger charge is 2.18. The van der Waals surface area contributed by atoms with E-state index >= 15 is 0 Å². The van der Waals surface area contributed by atoms with E-state index in [1.807, 2.05) is 11.3 Å². The highest BCUT2D eigenvalue weighted by molar-refractivity contribution is 7.27. The van der Waals surface area contributed by atoms with Gasteiger partial charge in [0.15, 0.2) is 0 Å². The highest BCUT2D eigenvalue weighted by Crippen LogP contribution is 2.45. The summed E-state index contributed by atoms with van der Waals surface area (Å²) in [6.45, 7) is 0. The van der Waals surface area contributed by atoms with Gasteiger partial charge in [-0.2, -0.15) is 0 Å². The van der Waals surface area contributed by atoms with Gasteiger partial charge in [0, 0.05) is 36.6 Å². The lowest BCUT2D eigenvalue weighted by atomic mass is 10.0. The van der Waals surface area contributed by atoms with E-state index in [-0.39, 0.29) is 0 Å². The lowest BCUT2D eigenvalue weighted by Gasteiger charge is -2.09. The van der Waals surface area contributed by atoms with Crippen LogP contribution in [0, 0.1) is 0 Å². The zero-order valence-electron chi connectivity index (χ0n) is 19.5. The van der Waals surface area contributed by atoms with Gasteiger partial charge in [0.1, 0.15) is 0 Å². The molecule has 0 atom stereocenters. The first kappa shape index (κ1) is 19.9. The molecule has 0 saturated carbocycles. The lowest BCUT2D eigenvalue weighted by molar-refractivity contribution is 1.18. The molecule has 0 aliphatic heterocycles. The molecular weight excluding hydrogens is 454 g/mol. The third kappa shape index (κ3) is 2.76. The van der Waals surface area contributed by atoms with Crippen LogP contribution in [-0.4, -0.2) is 4.57 Å². The second kappa shape index (κ2) is 7.55. The summed E-state index contributed by atoms with van der Waals surface area (Å²) >= 11 is 1.92. The maximum atomic E-state index is 2.42. The van der Waals surface area contributed by atoms with Gasteiger partial charge in [-0.05, 0) is 52.2 Å². The van der Waals surface area contributed by atoms with Crippen molar-refractivity contribution in [1.82, 2.24) is 4.57 Å². The first-order valence-corrected chi connectivity index (χ1v) is 13.1. The molecule has 0 unspecified atom stereocenters. The Morgan fingerprint density at radius 2 is 1.17 bits per heavy atom. The minimum absolute atomic E-state index is 1.19. The first-order valence-electron chi connectivity index (χ1n) is 12.3. The molecule has 0 spiro atoms. The molecule has 8 aromatic rings. The fourth-order valence-corrected chi connectivity index (χ4v) is 7.04. The Morgan fingerprint density at radius 1 is 0.444 bits per heavy atom. The van der Waals surface area contributed by atoms with Crippen molar-refractivity contribution < 1.29 is 0 Å². The molecule has 1 nitrogen and oxygen atoms in total. The summed E-state index contributed by atoms with van der Waals surface area (Å²) < 4.78 is 5.14. The molecular formula is C34H21NS. The molecule has 0 saturated heterocycles. The third-order valence-corrected chi connectivity index (χ3v) is 8.58. The number of thiophene rings is 1. The van der Waals surface area contributed by atoms with E-state index in [2.05, 4.69) is 132 Å². The Labute approximate surface area is 212 Å². The van der Waals surface area contributed by atoms with Gasteiger partial charge in [0.2, 0.25) is 0 Å². The largest absolute Gasteiger partial charge is 0.309 e. The van der Waals surface area contributed by atoms with Crippen LogP contribution in [0.2, 0.25) is 0 Å². The Hall–Kier alpha value is -4.40. The number of hydrogen-bond donors (Lipinski definition) is 0. The first-order chi connectivity index (χ1) is 17.9. The van der Waals surface area contributed by atoms with E-state index < -0.39 is 0 Å². The van der Waals surface area contributed by atoms with Crippen LogP contribution in [0.25, 0.3) is 69.6 Å². The Morgan fingerprint density at radius 3 is 2.03 bits per heavy atom. The molecule has 2 heterocycles. The van der Waals surface area contributed by atoms with Crippen molar-refractivity contribution in [2.75, 3.05) is 0 Å². The predicted molar refractivity (Wildman–Crippen MR) is 157 cm³/mol. The molecule has 0 aliphatic rings. The third-order valence-electron chi connectivity index (χ3n) is 7.40. The topological polar surface area (TPSA) is 4.93 Å². The predicted octanol–water partition coefficient (Wildman–Crippen LogP) is 9.97. The standard InChI is InChI=1S/C34H21NS/c1-2-8-22(9-3-1)23-14-17-25(18-15-23)35-29-13-7-6-12-27(29)33-30(35)20-19-28-32-26-11-5-4-10-24(26)16-21-31(32)36-34(28)33/h1-21H. The number of nitrogens with zero attached hydrogens (tertiary/aromatic N) is 1. The smallest absolute Gasteiger partial charge is 0.0555 e. The molecule has 0 aliphatic carbocycles. The fourth-order valence-electron chi connectivity index (χ4n) is 5.77. The maximum Gasteiger partial charge on any atom is 0.0555 e. The summed E-state index contributed by atoms with van der Waals surface area (Å²) in [5, 5.41) is 8.01. The molecule has 0 amide bonds. The lowest BCUT2D eigenvalue weighted by Crippen LogP contribution is -1.93. The number of benzene rings is 6. The van der Waals surface area contributed by atoms with Crippen LogP contribution in [0.4, 0.5) is 0 Å². The summed E-state index contributed by atoms with van der Waals surface area (Å²) in [5.41, 5.74) is 6.16. The Bertz CT molecular complexity index is 2080. The van der Waals surface area contributed by atoms with Gasteiger partial charge in [-0.15, -0.1) is 11.3 Å². The van der Waals surface area contributed by atoms with Crippen LogP contribution in [0.15, 0.2) is 127 Å². The van der Waals surface area contributed by atoms with Gasteiger partial charge in [-0.1, -0.05) is 97.1 Å². The summed E-state index contributed by atoms with van der Waals surface area (Å²) in [6, 6.07) is 46.3. The van der Waals surface area contributed by atoms with Crippen LogP contribution >= 0.6 is 11.3 Å². The van der Waals surface area contributed by atoms with E-state index in [9.17, 15) is 0 Å². The second-order valence-corrected chi connectivity index (χ2v) is 10.4.